The van der Waals surface area contributed by atoms with Crippen LogP contribution in [0.5, 0.6) is 0 Å². The topological polar surface area (TPSA) is 75.3 Å². The highest BCUT2D eigenvalue weighted by Gasteiger charge is 2.17. The molecular formula is C16H17FN2O3S. The molecule has 5 nitrogen and oxygen atoms in total. The first kappa shape index (κ1) is 17.0. The molecule has 0 aromatic heterocycles. The van der Waals surface area contributed by atoms with Crippen LogP contribution in [0.2, 0.25) is 0 Å². The van der Waals surface area contributed by atoms with Gasteiger partial charge >= 0.3 is 0 Å². The fourth-order valence-electron chi connectivity index (χ4n) is 2.16. The number of para-hydroxylation sites is 1. The number of anilines is 1. The van der Waals surface area contributed by atoms with Gasteiger partial charge in [-0.25, -0.2) is 12.8 Å². The van der Waals surface area contributed by atoms with Crippen LogP contribution in [0.3, 0.4) is 0 Å². The highest BCUT2D eigenvalue weighted by molar-refractivity contribution is 7.92. The summed E-state index contributed by atoms with van der Waals surface area (Å²) in [6.07, 6.45) is 1.05. The Bertz CT molecular complexity index is 822. The lowest BCUT2D eigenvalue weighted by Crippen LogP contribution is -2.28. The van der Waals surface area contributed by atoms with Crippen molar-refractivity contribution in [3.05, 3.63) is 65.5 Å². The van der Waals surface area contributed by atoms with Gasteiger partial charge in [0.25, 0.3) is 5.91 Å². The van der Waals surface area contributed by atoms with Gasteiger partial charge in [-0.1, -0.05) is 30.3 Å². The van der Waals surface area contributed by atoms with Crippen LogP contribution in [-0.4, -0.2) is 20.6 Å². The maximum absolute atomic E-state index is 13.6. The quantitative estimate of drug-likeness (QED) is 0.881. The van der Waals surface area contributed by atoms with Crippen molar-refractivity contribution >= 4 is 21.6 Å². The van der Waals surface area contributed by atoms with Crippen LogP contribution >= 0.6 is 0 Å². The van der Waals surface area contributed by atoms with Crippen LogP contribution in [0, 0.1) is 5.82 Å². The fourth-order valence-corrected chi connectivity index (χ4v) is 2.75. The SMILES string of the molecule is C[C@H](NC(=O)c1ccccc1F)c1ccccc1NS(C)(=O)=O. The molecule has 23 heavy (non-hydrogen) atoms. The van der Waals surface area contributed by atoms with Gasteiger partial charge in [-0.2, -0.15) is 0 Å². The molecule has 0 saturated heterocycles. The summed E-state index contributed by atoms with van der Waals surface area (Å²) < 4.78 is 38.9. The van der Waals surface area contributed by atoms with Crippen molar-refractivity contribution < 1.29 is 17.6 Å². The molecule has 0 aliphatic rings. The molecule has 0 aliphatic heterocycles. The lowest BCUT2D eigenvalue weighted by Gasteiger charge is -2.18. The van der Waals surface area contributed by atoms with E-state index in [1.54, 1.807) is 37.3 Å². The average molecular weight is 336 g/mol. The van der Waals surface area contributed by atoms with Gasteiger partial charge in [0, 0.05) is 0 Å². The largest absolute Gasteiger partial charge is 0.345 e. The van der Waals surface area contributed by atoms with Crippen molar-refractivity contribution in [1.29, 1.82) is 0 Å². The lowest BCUT2D eigenvalue weighted by molar-refractivity contribution is 0.0936. The van der Waals surface area contributed by atoms with Crippen molar-refractivity contribution in [3.8, 4) is 0 Å². The van der Waals surface area contributed by atoms with E-state index in [9.17, 15) is 17.6 Å². The number of benzene rings is 2. The number of amides is 1. The number of halogens is 1. The summed E-state index contributed by atoms with van der Waals surface area (Å²) in [5, 5.41) is 2.67. The average Bonchev–Trinajstić information content (AvgIpc) is 2.46. The number of hydrogen-bond donors (Lipinski definition) is 2. The molecule has 2 aromatic carbocycles. The molecule has 1 atom stereocenters. The number of hydrogen-bond acceptors (Lipinski definition) is 3. The van der Waals surface area contributed by atoms with E-state index in [1.807, 2.05) is 0 Å². The van der Waals surface area contributed by atoms with Gasteiger partial charge in [0.1, 0.15) is 5.82 Å². The molecule has 0 unspecified atom stereocenters. The molecule has 0 aliphatic carbocycles. The van der Waals surface area contributed by atoms with Crippen molar-refractivity contribution in [3.63, 3.8) is 0 Å². The van der Waals surface area contributed by atoms with Gasteiger partial charge in [-0.15, -0.1) is 0 Å². The third kappa shape index (κ3) is 4.53. The Hall–Kier alpha value is -2.41. The molecule has 0 fully saturated rings. The Morgan fingerprint density at radius 2 is 1.70 bits per heavy atom. The van der Waals surface area contributed by atoms with Crippen molar-refractivity contribution in [2.45, 2.75) is 13.0 Å². The number of carbonyl (C=O) groups excluding carboxylic acids is 1. The van der Waals surface area contributed by atoms with E-state index in [2.05, 4.69) is 10.0 Å². The zero-order valence-corrected chi connectivity index (χ0v) is 13.5. The number of rotatable bonds is 5. The maximum Gasteiger partial charge on any atom is 0.254 e. The summed E-state index contributed by atoms with van der Waals surface area (Å²) in [6.45, 7) is 1.70. The molecule has 0 bridgehead atoms. The second kappa shape index (κ2) is 6.78. The Balaban J connectivity index is 2.23. The Morgan fingerprint density at radius 1 is 1.09 bits per heavy atom. The first-order chi connectivity index (χ1) is 10.8. The van der Waals surface area contributed by atoms with E-state index in [0.29, 0.717) is 11.3 Å². The van der Waals surface area contributed by atoms with Crippen molar-refractivity contribution in [2.75, 3.05) is 11.0 Å². The van der Waals surface area contributed by atoms with Crippen LogP contribution < -0.4 is 10.0 Å². The van der Waals surface area contributed by atoms with Gasteiger partial charge in [-0.3, -0.25) is 9.52 Å². The van der Waals surface area contributed by atoms with Gasteiger partial charge in [0.05, 0.1) is 23.5 Å². The predicted molar refractivity (Wildman–Crippen MR) is 87.2 cm³/mol. The molecule has 2 aromatic rings. The van der Waals surface area contributed by atoms with Gasteiger partial charge in [0.15, 0.2) is 0 Å². The molecular weight excluding hydrogens is 319 g/mol. The van der Waals surface area contributed by atoms with Crippen LogP contribution in [0.1, 0.15) is 28.9 Å². The first-order valence-corrected chi connectivity index (χ1v) is 8.79. The summed E-state index contributed by atoms with van der Waals surface area (Å²) in [5.74, 6) is -1.18. The standard InChI is InChI=1S/C16H17FN2O3S/c1-11(18-16(20)13-8-3-5-9-14(13)17)12-7-4-6-10-15(12)19-23(2,21)22/h3-11,19H,1-2H3,(H,18,20)/t11-/m0/s1. The number of nitrogens with one attached hydrogen (secondary N) is 2. The van der Waals surface area contributed by atoms with Gasteiger partial charge < -0.3 is 5.32 Å². The Morgan fingerprint density at radius 3 is 2.35 bits per heavy atom. The first-order valence-electron chi connectivity index (χ1n) is 6.90. The third-order valence-corrected chi connectivity index (χ3v) is 3.78. The normalized spacial score (nSPS) is 12.5. The van der Waals surface area contributed by atoms with E-state index in [4.69, 9.17) is 0 Å². The van der Waals surface area contributed by atoms with Gasteiger partial charge in [0.2, 0.25) is 10.0 Å². The fraction of sp³-hybridized carbons (Fsp3) is 0.188. The second-order valence-electron chi connectivity index (χ2n) is 5.14. The Labute approximate surface area is 134 Å². The third-order valence-electron chi connectivity index (χ3n) is 3.19. The molecule has 2 rings (SSSR count). The van der Waals surface area contributed by atoms with Crippen LogP contribution in [0.25, 0.3) is 0 Å². The minimum atomic E-state index is -3.44. The van der Waals surface area contributed by atoms with E-state index in [-0.39, 0.29) is 5.56 Å². The summed E-state index contributed by atoms with van der Waals surface area (Å²) in [7, 11) is -3.44. The van der Waals surface area contributed by atoms with E-state index >= 15 is 0 Å². The monoisotopic (exact) mass is 336 g/mol. The molecule has 2 N–H and O–H groups in total. The highest BCUT2D eigenvalue weighted by atomic mass is 32.2. The summed E-state index contributed by atoms with van der Waals surface area (Å²) in [4.78, 5) is 12.2. The van der Waals surface area contributed by atoms with E-state index < -0.39 is 27.8 Å². The molecule has 122 valence electrons. The smallest absolute Gasteiger partial charge is 0.254 e. The second-order valence-corrected chi connectivity index (χ2v) is 6.88. The predicted octanol–water partition coefficient (Wildman–Crippen LogP) is 2.69. The summed E-state index contributed by atoms with van der Waals surface area (Å²) in [6, 6.07) is 11.9. The number of carbonyl (C=O) groups is 1. The van der Waals surface area contributed by atoms with Crippen molar-refractivity contribution in [1.82, 2.24) is 5.32 Å². The van der Waals surface area contributed by atoms with Crippen LogP contribution in [-0.2, 0) is 10.0 Å². The molecule has 0 spiro atoms. The van der Waals surface area contributed by atoms with E-state index in [1.165, 1.54) is 18.2 Å². The Kier molecular flexibility index (Phi) is 5.00. The van der Waals surface area contributed by atoms with Gasteiger partial charge in [-0.05, 0) is 30.7 Å². The zero-order valence-electron chi connectivity index (χ0n) is 12.7. The summed E-state index contributed by atoms with van der Waals surface area (Å²) in [5.41, 5.74) is 0.895. The van der Waals surface area contributed by atoms with Crippen LogP contribution in [0.4, 0.5) is 10.1 Å². The number of sulfonamides is 1. The van der Waals surface area contributed by atoms with Crippen molar-refractivity contribution in [2.24, 2.45) is 0 Å². The molecule has 1 amide bonds. The molecule has 7 heteroatoms. The van der Waals surface area contributed by atoms with Crippen LogP contribution in [0.15, 0.2) is 48.5 Å². The van der Waals surface area contributed by atoms with E-state index in [0.717, 1.165) is 6.26 Å². The molecule has 0 radical (unpaired) electrons. The minimum Gasteiger partial charge on any atom is -0.345 e. The summed E-state index contributed by atoms with van der Waals surface area (Å²) >= 11 is 0. The zero-order chi connectivity index (χ0) is 17.0. The lowest BCUT2D eigenvalue weighted by atomic mass is 10.1. The minimum absolute atomic E-state index is 0.0621. The maximum atomic E-state index is 13.6. The highest BCUT2D eigenvalue weighted by Crippen LogP contribution is 2.23. The molecule has 0 heterocycles. The molecule has 0 saturated carbocycles.